The van der Waals surface area contributed by atoms with Crippen LogP contribution in [0.5, 0.6) is 0 Å². The molecule has 0 aliphatic rings. The summed E-state index contributed by atoms with van der Waals surface area (Å²) in [6, 6.07) is 15.2. The van der Waals surface area contributed by atoms with E-state index < -0.39 is 0 Å². The van der Waals surface area contributed by atoms with Gasteiger partial charge in [0.2, 0.25) is 0 Å². The molecule has 0 fully saturated rings. The molecule has 0 radical (unpaired) electrons. The zero-order valence-electron chi connectivity index (χ0n) is 11.6. The normalized spacial score (nSPS) is 10.5. The van der Waals surface area contributed by atoms with E-state index in [1.807, 2.05) is 60.5 Å². The summed E-state index contributed by atoms with van der Waals surface area (Å²) < 4.78 is 0. The molecule has 5 heteroatoms. The average molecular weight is 277 g/mol. The van der Waals surface area contributed by atoms with Crippen LogP contribution in [-0.4, -0.2) is 22.9 Å². The van der Waals surface area contributed by atoms with Gasteiger partial charge in [0.05, 0.1) is 22.9 Å². The van der Waals surface area contributed by atoms with Crippen LogP contribution >= 0.6 is 0 Å². The summed E-state index contributed by atoms with van der Waals surface area (Å²) >= 11 is 0. The number of nitrogen functional groups attached to an aromatic ring is 1. The summed E-state index contributed by atoms with van der Waals surface area (Å²) in [5.74, 6) is 0.744. The molecule has 0 aliphatic heterocycles. The van der Waals surface area contributed by atoms with Gasteiger partial charge in [-0.1, -0.05) is 24.3 Å². The molecule has 2 aromatic carbocycles. The SMILES string of the molecule is CN(c1cnc2ccccc2n1)c1ccccc1C(=N)N. The highest BCUT2D eigenvalue weighted by Gasteiger charge is 2.12. The first-order valence-corrected chi connectivity index (χ1v) is 6.56. The van der Waals surface area contributed by atoms with E-state index in [1.165, 1.54) is 0 Å². The summed E-state index contributed by atoms with van der Waals surface area (Å²) in [5.41, 5.74) is 8.84. The number of hydrogen-bond acceptors (Lipinski definition) is 4. The van der Waals surface area contributed by atoms with Gasteiger partial charge in [-0.15, -0.1) is 0 Å². The van der Waals surface area contributed by atoms with Crippen molar-refractivity contribution < 1.29 is 0 Å². The van der Waals surface area contributed by atoms with Crippen LogP contribution in [-0.2, 0) is 0 Å². The third-order valence-corrected chi connectivity index (χ3v) is 3.34. The van der Waals surface area contributed by atoms with E-state index in [4.69, 9.17) is 11.1 Å². The lowest BCUT2D eigenvalue weighted by atomic mass is 10.1. The van der Waals surface area contributed by atoms with Crippen molar-refractivity contribution in [1.82, 2.24) is 9.97 Å². The zero-order chi connectivity index (χ0) is 14.8. The Bertz CT molecular complexity index is 812. The van der Waals surface area contributed by atoms with Crippen molar-refractivity contribution in [2.45, 2.75) is 0 Å². The van der Waals surface area contributed by atoms with Crippen molar-refractivity contribution in [2.75, 3.05) is 11.9 Å². The number of anilines is 2. The Morgan fingerprint density at radius 2 is 1.71 bits per heavy atom. The minimum Gasteiger partial charge on any atom is -0.384 e. The van der Waals surface area contributed by atoms with Gasteiger partial charge in [-0.25, -0.2) is 4.98 Å². The maximum Gasteiger partial charge on any atom is 0.152 e. The van der Waals surface area contributed by atoms with Crippen molar-refractivity contribution in [3.63, 3.8) is 0 Å². The molecule has 0 amide bonds. The number of benzene rings is 2. The molecule has 3 N–H and O–H groups in total. The van der Waals surface area contributed by atoms with Crippen LogP contribution in [0, 0.1) is 5.41 Å². The van der Waals surface area contributed by atoms with E-state index in [-0.39, 0.29) is 5.84 Å². The summed E-state index contributed by atoms with van der Waals surface area (Å²) in [6.45, 7) is 0. The highest BCUT2D eigenvalue weighted by atomic mass is 15.2. The number of nitrogens with one attached hydrogen (secondary N) is 1. The van der Waals surface area contributed by atoms with Gasteiger partial charge in [-0.05, 0) is 24.3 Å². The molecule has 104 valence electrons. The van der Waals surface area contributed by atoms with Gasteiger partial charge >= 0.3 is 0 Å². The van der Waals surface area contributed by atoms with E-state index in [0.717, 1.165) is 16.7 Å². The largest absolute Gasteiger partial charge is 0.384 e. The van der Waals surface area contributed by atoms with Crippen LogP contribution in [0.4, 0.5) is 11.5 Å². The van der Waals surface area contributed by atoms with Gasteiger partial charge in [0.25, 0.3) is 0 Å². The third kappa shape index (κ3) is 2.41. The molecule has 0 aliphatic carbocycles. The lowest BCUT2D eigenvalue weighted by Gasteiger charge is -2.21. The Kier molecular flexibility index (Phi) is 3.23. The summed E-state index contributed by atoms with van der Waals surface area (Å²) in [4.78, 5) is 10.9. The van der Waals surface area contributed by atoms with E-state index in [1.54, 1.807) is 6.20 Å². The van der Waals surface area contributed by atoms with E-state index in [9.17, 15) is 0 Å². The van der Waals surface area contributed by atoms with Gasteiger partial charge in [-0.2, -0.15) is 0 Å². The Hall–Kier alpha value is -2.95. The molecule has 0 spiro atoms. The first kappa shape index (κ1) is 13.1. The van der Waals surface area contributed by atoms with Crippen LogP contribution < -0.4 is 10.6 Å². The lowest BCUT2D eigenvalue weighted by Crippen LogP contribution is -2.19. The lowest BCUT2D eigenvalue weighted by molar-refractivity contribution is 1.12. The smallest absolute Gasteiger partial charge is 0.152 e. The van der Waals surface area contributed by atoms with Crippen molar-refractivity contribution in [1.29, 1.82) is 5.41 Å². The highest BCUT2D eigenvalue weighted by Crippen LogP contribution is 2.25. The van der Waals surface area contributed by atoms with E-state index in [2.05, 4.69) is 9.97 Å². The monoisotopic (exact) mass is 277 g/mol. The van der Waals surface area contributed by atoms with E-state index >= 15 is 0 Å². The molecular formula is C16H15N5. The summed E-state index contributed by atoms with van der Waals surface area (Å²) in [6.07, 6.45) is 1.72. The van der Waals surface area contributed by atoms with E-state index in [0.29, 0.717) is 11.4 Å². The van der Waals surface area contributed by atoms with Crippen LogP contribution in [0.15, 0.2) is 54.7 Å². The minimum atomic E-state index is 0.0335. The molecule has 21 heavy (non-hydrogen) atoms. The number of rotatable bonds is 3. The fraction of sp³-hybridized carbons (Fsp3) is 0.0625. The highest BCUT2D eigenvalue weighted by molar-refractivity contribution is 6.01. The Labute approximate surface area is 122 Å². The number of amidine groups is 1. The predicted octanol–water partition coefficient (Wildman–Crippen LogP) is 2.68. The maximum absolute atomic E-state index is 7.68. The van der Waals surface area contributed by atoms with Crippen molar-refractivity contribution in [3.8, 4) is 0 Å². The first-order chi connectivity index (χ1) is 10.2. The number of hydrogen-bond donors (Lipinski definition) is 2. The summed E-state index contributed by atoms with van der Waals surface area (Å²) in [7, 11) is 1.89. The number of nitrogens with zero attached hydrogens (tertiary/aromatic N) is 3. The van der Waals surface area contributed by atoms with Crippen LogP contribution in [0.1, 0.15) is 5.56 Å². The van der Waals surface area contributed by atoms with Crippen molar-refractivity contribution in [3.05, 3.63) is 60.3 Å². The molecule has 0 atom stereocenters. The van der Waals surface area contributed by atoms with Gasteiger partial charge in [0.1, 0.15) is 5.84 Å². The number of aromatic nitrogens is 2. The minimum absolute atomic E-state index is 0.0335. The molecule has 5 nitrogen and oxygen atoms in total. The Morgan fingerprint density at radius 1 is 1.05 bits per heavy atom. The quantitative estimate of drug-likeness (QED) is 0.570. The topological polar surface area (TPSA) is 78.9 Å². The molecule has 0 saturated heterocycles. The molecule has 3 rings (SSSR count). The first-order valence-electron chi connectivity index (χ1n) is 6.56. The third-order valence-electron chi connectivity index (χ3n) is 3.34. The fourth-order valence-electron chi connectivity index (χ4n) is 2.23. The fourth-order valence-corrected chi connectivity index (χ4v) is 2.23. The average Bonchev–Trinajstić information content (AvgIpc) is 2.53. The van der Waals surface area contributed by atoms with Gasteiger partial charge in [0, 0.05) is 12.6 Å². The second-order valence-corrected chi connectivity index (χ2v) is 4.71. The molecule has 0 unspecified atom stereocenters. The second kappa shape index (κ2) is 5.20. The Morgan fingerprint density at radius 3 is 2.48 bits per heavy atom. The maximum atomic E-state index is 7.68. The molecular weight excluding hydrogens is 262 g/mol. The van der Waals surface area contributed by atoms with Crippen LogP contribution in [0.2, 0.25) is 0 Å². The zero-order valence-corrected chi connectivity index (χ0v) is 11.6. The molecule has 1 heterocycles. The molecule has 1 aromatic heterocycles. The molecule has 3 aromatic rings. The number of fused-ring (bicyclic) bond motifs is 1. The second-order valence-electron chi connectivity index (χ2n) is 4.71. The van der Waals surface area contributed by atoms with Crippen molar-refractivity contribution in [2.24, 2.45) is 5.73 Å². The number of nitrogens with two attached hydrogens (primary N) is 1. The number of para-hydroxylation sites is 3. The van der Waals surface area contributed by atoms with Gasteiger partial charge < -0.3 is 10.6 Å². The summed E-state index contributed by atoms with van der Waals surface area (Å²) in [5, 5.41) is 7.68. The molecule has 0 saturated carbocycles. The molecule has 0 bridgehead atoms. The predicted molar refractivity (Wildman–Crippen MR) is 85.1 cm³/mol. The van der Waals surface area contributed by atoms with Crippen LogP contribution in [0.3, 0.4) is 0 Å². The standard InChI is InChI=1S/C16H15N5/c1-21(14-9-5-2-6-11(14)16(17)18)15-10-19-12-7-3-4-8-13(12)20-15/h2-10H,1H3,(H3,17,18). The van der Waals surface area contributed by atoms with Crippen LogP contribution in [0.25, 0.3) is 11.0 Å². The van der Waals surface area contributed by atoms with Gasteiger partial charge in [-0.3, -0.25) is 10.4 Å². The van der Waals surface area contributed by atoms with Crippen molar-refractivity contribution >= 4 is 28.4 Å². The Balaban J connectivity index is 2.08. The van der Waals surface area contributed by atoms with Gasteiger partial charge in [0.15, 0.2) is 5.82 Å².